The van der Waals surface area contributed by atoms with Crippen LogP contribution in [0.15, 0.2) is 176 Å². The van der Waals surface area contributed by atoms with Crippen molar-refractivity contribution >= 4 is 43.6 Å². The first-order valence-electron chi connectivity index (χ1n) is 22.8. The summed E-state index contributed by atoms with van der Waals surface area (Å²) in [5.41, 5.74) is 10.2. The molecule has 11 aromatic rings. The molecule has 9 heteroatoms. The number of nitriles is 1. The normalized spacial score (nSPS) is 12.1. The molecule has 9 aromatic carbocycles. The summed E-state index contributed by atoms with van der Waals surface area (Å²) in [6, 6.07) is 55.1. The lowest BCUT2D eigenvalue weighted by atomic mass is 9.87. The van der Waals surface area contributed by atoms with Gasteiger partial charge in [-0.3, -0.25) is 0 Å². The van der Waals surface area contributed by atoms with E-state index in [0.717, 1.165) is 100 Å². The highest BCUT2D eigenvalue weighted by atomic mass is 19.4. The van der Waals surface area contributed by atoms with Crippen molar-refractivity contribution < 1.29 is 26.3 Å². The Kier molecular flexibility index (Phi) is 10.4. The molecule has 2 heterocycles. The van der Waals surface area contributed by atoms with E-state index in [0.29, 0.717) is 16.9 Å². The lowest BCUT2D eigenvalue weighted by molar-refractivity contribution is -0.143. The summed E-state index contributed by atoms with van der Waals surface area (Å²) in [5, 5.41) is 14.8. The number of aryl methyl sites for hydroxylation is 4. The van der Waals surface area contributed by atoms with Crippen LogP contribution >= 0.6 is 0 Å². The fraction of sp³-hybridized carbons (Fsp3) is 0.0984. The second kappa shape index (κ2) is 16.4. The van der Waals surface area contributed by atoms with Crippen molar-refractivity contribution in [2.45, 2.75) is 40.0 Å². The number of para-hydroxylation sites is 2. The number of benzene rings is 9. The van der Waals surface area contributed by atoms with Gasteiger partial charge in [-0.25, -0.2) is 0 Å². The van der Waals surface area contributed by atoms with Gasteiger partial charge in [0.05, 0.1) is 56.2 Å². The fourth-order valence-corrected chi connectivity index (χ4v) is 10.5. The van der Waals surface area contributed by atoms with Gasteiger partial charge in [0, 0.05) is 32.7 Å². The monoisotopic (exact) mass is 929 g/mol. The second-order valence-electron chi connectivity index (χ2n) is 18.2. The quantitative estimate of drug-likeness (QED) is 0.153. The Morgan fingerprint density at radius 2 is 0.800 bits per heavy atom. The minimum absolute atomic E-state index is 0.0775. The molecule has 0 N–H and O–H groups in total. The number of nitrogens with zero attached hydrogens (tertiary/aromatic N) is 3. The molecule has 0 aliphatic carbocycles. The van der Waals surface area contributed by atoms with Gasteiger partial charge >= 0.3 is 12.4 Å². The molecule has 2 aromatic heterocycles. The highest BCUT2D eigenvalue weighted by molar-refractivity contribution is 6.13. The van der Waals surface area contributed by atoms with Gasteiger partial charge in [0.1, 0.15) is 0 Å². The summed E-state index contributed by atoms with van der Waals surface area (Å²) in [6.07, 6.45) is -10.2. The average molecular weight is 930 g/mol. The minimum Gasteiger partial charge on any atom is -0.309 e. The summed E-state index contributed by atoms with van der Waals surface area (Å²) in [6.45, 7) is 8.22. The molecular formula is C61H41F6N3. The minimum atomic E-state index is -5.11. The van der Waals surface area contributed by atoms with Crippen LogP contribution in [0.3, 0.4) is 0 Å². The first kappa shape index (κ1) is 44.2. The largest absolute Gasteiger partial charge is 0.416 e. The molecule has 0 unspecified atom stereocenters. The maximum absolute atomic E-state index is 14.7. The zero-order valence-corrected chi connectivity index (χ0v) is 38.4. The van der Waals surface area contributed by atoms with Gasteiger partial charge in [-0.1, -0.05) is 125 Å². The van der Waals surface area contributed by atoms with Crippen LogP contribution in [0.2, 0.25) is 0 Å². The van der Waals surface area contributed by atoms with Gasteiger partial charge < -0.3 is 9.13 Å². The molecule has 0 atom stereocenters. The van der Waals surface area contributed by atoms with Crippen molar-refractivity contribution in [1.29, 1.82) is 5.26 Å². The van der Waals surface area contributed by atoms with Crippen LogP contribution in [0.25, 0.3) is 99.5 Å². The number of hydrogen-bond donors (Lipinski definition) is 0. The first-order chi connectivity index (χ1) is 33.5. The fourth-order valence-electron chi connectivity index (χ4n) is 10.5. The lowest BCUT2D eigenvalue weighted by Gasteiger charge is -2.23. The Hall–Kier alpha value is -8.35. The van der Waals surface area contributed by atoms with Crippen molar-refractivity contribution in [2.75, 3.05) is 0 Å². The van der Waals surface area contributed by atoms with Gasteiger partial charge in [0.2, 0.25) is 0 Å². The summed E-state index contributed by atoms with van der Waals surface area (Å²) in [4.78, 5) is 0. The molecule has 3 nitrogen and oxygen atoms in total. The van der Waals surface area contributed by atoms with Crippen molar-refractivity contribution in [3.8, 4) is 62.0 Å². The third kappa shape index (κ3) is 7.48. The van der Waals surface area contributed by atoms with E-state index in [9.17, 15) is 31.6 Å². The lowest BCUT2D eigenvalue weighted by Crippen LogP contribution is -2.11. The molecule has 0 aliphatic rings. The molecule has 0 fully saturated rings. The smallest absolute Gasteiger partial charge is 0.309 e. The molecule has 342 valence electrons. The van der Waals surface area contributed by atoms with E-state index >= 15 is 0 Å². The van der Waals surface area contributed by atoms with Gasteiger partial charge in [0.25, 0.3) is 0 Å². The molecule has 0 bridgehead atoms. The van der Waals surface area contributed by atoms with E-state index in [4.69, 9.17) is 0 Å². The van der Waals surface area contributed by atoms with Gasteiger partial charge in [-0.15, -0.1) is 0 Å². The van der Waals surface area contributed by atoms with Crippen molar-refractivity contribution in [3.05, 3.63) is 215 Å². The van der Waals surface area contributed by atoms with Crippen molar-refractivity contribution in [2.24, 2.45) is 0 Å². The number of fused-ring (bicyclic) bond motifs is 6. The van der Waals surface area contributed by atoms with E-state index in [2.05, 4.69) is 68.4 Å². The Bertz CT molecular complexity index is 3920. The topological polar surface area (TPSA) is 33.6 Å². The molecule has 0 radical (unpaired) electrons. The van der Waals surface area contributed by atoms with Crippen LogP contribution in [0.4, 0.5) is 26.3 Å². The molecule has 0 saturated heterocycles. The predicted molar refractivity (Wildman–Crippen MR) is 271 cm³/mol. The second-order valence-corrected chi connectivity index (χ2v) is 18.2. The molecular weight excluding hydrogens is 889 g/mol. The Labute approximate surface area is 399 Å². The molecule has 0 aliphatic heterocycles. The number of rotatable bonds is 6. The first-order valence-corrected chi connectivity index (χ1v) is 22.8. The maximum Gasteiger partial charge on any atom is 0.416 e. The van der Waals surface area contributed by atoms with Crippen molar-refractivity contribution in [1.82, 2.24) is 9.13 Å². The van der Waals surface area contributed by atoms with Gasteiger partial charge in [-0.05, 0) is 134 Å². The van der Waals surface area contributed by atoms with Crippen LogP contribution in [0, 0.1) is 39.0 Å². The Balaban J connectivity index is 1.27. The number of halogens is 6. The number of hydrogen-bond acceptors (Lipinski definition) is 1. The summed E-state index contributed by atoms with van der Waals surface area (Å²) < 4.78 is 92.5. The van der Waals surface area contributed by atoms with Crippen molar-refractivity contribution in [3.63, 3.8) is 0 Å². The third-order valence-electron chi connectivity index (χ3n) is 13.3. The van der Waals surface area contributed by atoms with E-state index < -0.39 is 23.5 Å². The van der Waals surface area contributed by atoms with E-state index in [1.165, 1.54) is 0 Å². The third-order valence-corrected chi connectivity index (χ3v) is 13.3. The summed E-state index contributed by atoms with van der Waals surface area (Å²) in [5.74, 6) is 0. The zero-order chi connectivity index (χ0) is 48.8. The Morgan fingerprint density at radius 3 is 1.26 bits per heavy atom. The van der Waals surface area contributed by atoms with Crippen LogP contribution in [-0.4, -0.2) is 9.13 Å². The highest BCUT2D eigenvalue weighted by Crippen LogP contribution is 2.48. The van der Waals surface area contributed by atoms with Gasteiger partial charge in [0.15, 0.2) is 0 Å². The van der Waals surface area contributed by atoms with Crippen LogP contribution < -0.4 is 0 Å². The van der Waals surface area contributed by atoms with Crippen LogP contribution in [0.1, 0.15) is 38.9 Å². The van der Waals surface area contributed by atoms with Gasteiger partial charge in [-0.2, -0.15) is 31.6 Å². The predicted octanol–water partition coefficient (Wildman–Crippen LogP) is 17.7. The van der Waals surface area contributed by atoms with Crippen LogP contribution in [0.5, 0.6) is 0 Å². The Morgan fingerprint density at radius 1 is 0.371 bits per heavy atom. The SMILES string of the molecule is Cc1cc(C)cc(-c2ccc3c(c2)c2ccccc2n3-c2cccc(C#N)c2-c2c(-c3cc(C(F)(F)F)cc(C(F)(F)F)c3)cccc2-n2c3ccccc3c3cc(-c4cc(C)cc(C)c4)ccc32)c1. The van der Waals surface area contributed by atoms with E-state index in [1.54, 1.807) is 24.3 Å². The standard InChI is InChI=1S/C61H41F6N3/c1-35-23-36(2)26-42(25-35)39-19-21-54-50(31-39)48-12-5-7-15-52(48)69(54)56-17-9-11-41(34-68)58(56)59-47(44-29-45(60(62,63)64)33-46(30-44)61(65,66)67)14-10-18-57(59)70-53-16-8-6-13-49(53)51-32-40(20-22-55(51)70)43-27-37(3)24-38(4)28-43/h5-33H,1-4H3. The van der Waals surface area contributed by atoms with E-state index in [1.807, 2.05) is 108 Å². The molecule has 70 heavy (non-hydrogen) atoms. The molecule has 11 rings (SSSR count). The summed E-state index contributed by atoms with van der Waals surface area (Å²) >= 11 is 0. The summed E-state index contributed by atoms with van der Waals surface area (Å²) in [7, 11) is 0. The maximum atomic E-state index is 14.7. The number of aromatic nitrogens is 2. The average Bonchev–Trinajstić information content (AvgIpc) is 3.84. The molecule has 0 saturated carbocycles. The molecule has 0 spiro atoms. The molecule has 0 amide bonds. The van der Waals surface area contributed by atoms with E-state index in [-0.39, 0.29) is 28.3 Å². The number of alkyl halides is 6. The zero-order valence-electron chi connectivity index (χ0n) is 38.4. The highest BCUT2D eigenvalue weighted by Gasteiger charge is 2.38. The van der Waals surface area contributed by atoms with Crippen LogP contribution in [-0.2, 0) is 12.4 Å².